The second-order valence-electron chi connectivity index (χ2n) is 5.34. The van der Waals surface area contributed by atoms with E-state index in [1.807, 2.05) is 6.07 Å². The number of hydrogen-bond donors (Lipinski definition) is 0. The Hall–Kier alpha value is -3.81. The van der Waals surface area contributed by atoms with Crippen molar-refractivity contribution in [3.63, 3.8) is 0 Å². The van der Waals surface area contributed by atoms with Gasteiger partial charge in [-0.3, -0.25) is 20.2 Å². The largest absolute Gasteiger partial charge is 0.310 e. The number of para-hydroxylation sites is 1. The van der Waals surface area contributed by atoms with Crippen molar-refractivity contribution < 1.29 is 14.2 Å². The zero-order valence-corrected chi connectivity index (χ0v) is 13.3. The van der Waals surface area contributed by atoms with Crippen LogP contribution in [0.4, 0.5) is 32.8 Å². The average molecular weight is 353 g/mol. The minimum Gasteiger partial charge on any atom is -0.310 e. The maximum absolute atomic E-state index is 14.1. The fourth-order valence-corrected chi connectivity index (χ4v) is 2.53. The van der Waals surface area contributed by atoms with Crippen LogP contribution in [0.1, 0.15) is 0 Å². The van der Waals surface area contributed by atoms with Crippen LogP contribution in [0.15, 0.2) is 72.8 Å². The van der Waals surface area contributed by atoms with E-state index in [1.54, 1.807) is 29.2 Å². The van der Waals surface area contributed by atoms with Crippen molar-refractivity contribution in [1.29, 1.82) is 0 Å². The third-order valence-electron chi connectivity index (χ3n) is 3.72. The van der Waals surface area contributed by atoms with Gasteiger partial charge in [-0.05, 0) is 30.3 Å². The van der Waals surface area contributed by atoms with Crippen LogP contribution < -0.4 is 4.90 Å². The first-order chi connectivity index (χ1) is 12.5. The van der Waals surface area contributed by atoms with Crippen LogP contribution in [0.5, 0.6) is 0 Å². The summed E-state index contributed by atoms with van der Waals surface area (Å²) in [5, 5.41) is 21.7. The molecule has 130 valence electrons. The zero-order chi connectivity index (χ0) is 18.7. The number of halogens is 1. The van der Waals surface area contributed by atoms with Crippen LogP contribution in [0.2, 0.25) is 0 Å². The van der Waals surface area contributed by atoms with Gasteiger partial charge in [0.1, 0.15) is 0 Å². The lowest BCUT2D eigenvalue weighted by Crippen LogP contribution is -2.10. The normalized spacial score (nSPS) is 10.3. The van der Waals surface area contributed by atoms with Crippen LogP contribution in [0, 0.1) is 26.0 Å². The Balaban J connectivity index is 2.11. The van der Waals surface area contributed by atoms with Crippen molar-refractivity contribution in [3.8, 4) is 0 Å². The average Bonchev–Trinajstić information content (AvgIpc) is 2.63. The summed E-state index contributed by atoms with van der Waals surface area (Å²) < 4.78 is 14.1. The highest BCUT2D eigenvalue weighted by atomic mass is 19.1. The van der Waals surface area contributed by atoms with Crippen molar-refractivity contribution in [2.24, 2.45) is 0 Å². The Kier molecular flexibility index (Phi) is 4.57. The lowest BCUT2D eigenvalue weighted by Gasteiger charge is -2.25. The van der Waals surface area contributed by atoms with Gasteiger partial charge in [-0.2, -0.15) is 4.39 Å². The van der Waals surface area contributed by atoms with Crippen LogP contribution in [0.25, 0.3) is 0 Å². The molecule has 8 heteroatoms. The van der Waals surface area contributed by atoms with E-state index in [4.69, 9.17) is 0 Å². The lowest BCUT2D eigenvalue weighted by atomic mass is 10.1. The number of rotatable bonds is 5. The number of anilines is 3. The van der Waals surface area contributed by atoms with Crippen molar-refractivity contribution in [2.45, 2.75) is 0 Å². The first-order valence-corrected chi connectivity index (χ1v) is 7.51. The summed E-state index contributed by atoms with van der Waals surface area (Å²) in [4.78, 5) is 22.0. The highest BCUT2D eigenvalue weighted by Gasteiger charge is 2.19. The van der Waals surface area contributed by atoms with Gasteiger partial charge in [-0.25, -0.2) is 0 Å². The van der Waals surface area contributed by atoms with Crippen LogP contribution in [-0.4, -0.2) is 9.85 Å². The summed E-state index contributed by atoms with van der Waals surface area (Å²) in [5.74, 6) is -0.963. The summed E-state index contributed by atoms with van der Waals surface area (Å²) in [6.07, 6.45) is 0. The van der Waals surface area contributed by atoms with Gasteiger partial charge in [0.05, 0.1) is 9.85 Å². The van der Waals surface area contributed by atoms with E-state index in [2.05, 4.69) is 0 Å². The second-order valence-corrected chi connectivity index (χ2v) is 5.34. The zero-order valence-electron chi connectivity index (χ0n) is 13.3. The molecule has 0 radical (unpaired) electrons. The molecule has 7 nitrogen and oxygen atoms in total. The predicted molar refractivity (Wildman–Crippen MR) is 94.4 cm³/mol. The monoisotopic (exact) mass is 353 g/mol. The molecule has 0 saturated carbocycles. The number of non-ortho nitro benzene ring substituents is 1. The molecular formula is C18H12FN3O4. The van der Waals surface area contributed by atoms with E-state index < -0.39 is 21.4 Å². The molecule has 0 atom stereocenters. The van der Waals surface area contributed by atoms with Crippen LogP contribution in [-0.2, 0) is 0 Å². The van der Waals surface area contributed by atoms with Gasteiger partial charge in [-0.1, -0.05) is 18.2 Å². The summed E-state index contributed by atoms with van der Waals surface area (Å²) >= 11 is 0. The molecule has 0 saturated heterocycles. The van der Waals surface area contributed by atoms with Gasteiger partial charge in [0, 0.05) is 41.3 Å². The van der Waals surface area contributed by atoms with E-state index in [0.717, 1.165) is 12.1 Å². The molecule has 3 aromatic rings. The minimum absolute atomic E-state index is 0.0726. The van der Waals surface area contributed by atoms with E-state index in [0.29, 0.717) is 17.1 Å². The maximum atomic E-state index is 14.1. The van der Waals surface area contributed by atoms with E-state index in [1.165, 1.54) is 30.3 Å². The topological polar surface area (TPSA) is 89.5 Å². The van der Waals surface area contributed by atoms with Crippen molar-refractivity contribution in [3.05, 3.63) is 98.8 Å². The Morgan fingerprint density at radius 3 is 1.85 bits per heavy atom. The first kappa shape index (κ1) is 17.0. The van der Waals surface area contributed by atoms with Gasteiger partial charge in [-0.15, -0.1) is 0 Å². The summed E-state index contributed by atoms with van der Waals surface area (Å²) in [6.45, 7) is 0. The fraction of sp³-hybridized carbons (Fsp3) is 0. The van der Waals surface area contributed by atoms with Gasteiger partial charge < -0.3 is 4.90 Å². The van der Waals surface area contributed by atoms with Crippen LogP contribution in [0.3, 0.4) is 0 Å². The number of benzene rings is 3. The van der Waals surface area contributed by atoms with E-state index in [-0.39, 0.29) is 5.69 Å². The van der Waals surface area contributed by atoms with Crippen molar-refractivity contribution in [1.82, 2.24) is 0 Å². The van der Waals surface area contributed by atoms with E-state index in [9.17, 15) is 24.6 Å². The molecule has 3 rings (SSSR count). The van der Waals surface area contributed by atoms with Gasteiger partial charge in [0.2, 0.25) is 5.82 Å². The minimum atomic E-state index is -0.963. The highest BCUT2D eigenvalue weighted by Crippen LogP contribution is 2.36. The quantitative estimate of drug-likeness (QED) is 0.469. The molecule has 0 unspecified atom stereocenters. The van der Waals surface area contributed by atoms with Gasteiger partial charge in [0.25, 0.3) is 5.69 Å². The summed E-state index contributed by atoms with van der Waals surface area (Å²) in [5.41, 5.74) is 0.889. The lowest BCUT2D eigenvalue weighted by molar-refractivity contribution is -0.387. The fourth-order valence-electron chi connectivity index (χ4n) is 2.53. The molecule has 0 fully saturated rings. The molecule has 0 bridgehead atoms. The Labute approximate surface area is 147 Å². The van der Waals surface area contributed by atoms with Crippen molar-refractivity contribution >= 4 is 28.4 Å². The smallest absolute Gasteiger partial charge is 0.304 e. The van der Waals surface area contributed by atoms with Gasteiger partial charge in [0.15, 0.2) is 0 Å². The molecule has 26 heavy (non-hydrogen) atoms. The molecule has 0 amide bonds. The molecule has 0 heterocycles. The third kappa shape index (κ3) is 3.34. The second kappa shape index (κ2) is 6.98. The molecule has 0 aliphatic heterocycles. The SMILES string of the molecule is O=[N+]([O-])c1ccc(N(c2ccccc2)c2ccc([N+](=O)[O-])c(F)c2)cc1. The number of nitro benzene ring substituents is 2. The van der Waals surface area contributed by atoms with Crippen LogP contribution >= 0.6 is 0 Å². The molecule has 0 aliphatic rings. The number of nitro groups is 2. The third-order valence-corrected chi connectivity index (χ3v) is 3.72. The molecule has 0 aliphatic carbocycles. The number of nitrogens with zero attached hydrogens (tertiary/aromatic N) is 3. The van der Waals surface area contributed by atoms with E-state index >= 15 is 0 Å². The predicted octanol–water partition coefficient (Wildman–Crippen LogP) is 5.11. The maximum Gasteiger partial charge on any atom is 0.304 e. The summed E-state index contributed by atoms with van der Waals surface area (Å²) in [7, 11) is 0. The molecule has 0 aromatic heterocycles. The molecule has 0 spiro atoms. The summed E-state index contributed by atoms with van der Waals surface area (Å²) in [6, 6.07) is 18.3. The first-order valence-electron chi connectivity index (χ1n) is 7.51. The van der Waals surface area contributed by atoms with Crippen molar-refractivity contribution in [2.75, 3.05) is 4.90 Å². The highest BCUT2D eigenvalue weighted by molar-refractivity contribution is 5.77. The Bertz CT molecular complexity index is 962. The Morgan fingerprint density at radius 1 is 0.731 bits per heavy atom. The van der Waals surface area contributed by atoms with Gasteiger partial charge >= 0.3 is 5.69 Å². The molecule has 3 aromatic carbocycles. The number of hydrogen-bond acceptors (Lipinski definition) is 5. The standard InChI is InChI=1S/C18H12FN3O4/c19-17-12-16(10-11-18(17)22(25)26)20(13-4-2-1-3-5-13)14-6-8-15(9-7-14)21(23)24/h1-12H. The molecule has 0 N–H and O–H groups in total. The Morgan fingerprint density at radius 2 is 1.31 bits per heavy atom. The molecular weight excluding hydrogens is 341 g/mol.